The molecule has 0 spiro atoms. The average molecular weight is 342 g/mol. The van der Waals surface area contributed by atoms with Gasteiger partial charge in [-0.2, -0.15) is 0 Å². The third-order valence-electron chi connectivity index (χ3n) is 3.26. The highest BCUT2D eigenvalue weighted by atomic mass is 35.5. The quantitative estimate of drug-likeness (QED) is 0.369. The highest BCUT2D eigenvalue weighted by molar-refractivity contribution is 6.30. The number of ether oxygens (including phenoxy) is 2. The largest absolute Gasteiger partial charge is 0.382 e. The minimum absolute atomic E-state index is 0.654. The Balaban J connectivity index is 2.06. The van der Waals surface area contributed by atoms with E-state index in [0.717, 1.165) is 49.9 Å². The van der Waals surface area contributed by atoms with Gasteiger partial charge in [0, 0.05) is 38.9 Å². The molecule has 0 saturated heterocycles. The maximum Gasteiger partial charge on any atom is 0.190 e. The predicted octanol–water partition coefficient (Wildman–Crippen LogP) is 2.49. The number of methoxy groups -OCH3 is 1. The number of hydrogen-bond acceptors (Lipinski definition) is 3. The number of rotatable bonds is 11. The Morgan fingerprint density at radius 1 is 1.13 bits per heavy atom. The maximum atomic E-state index is 5.98. The molecule has 2 N–H and O–H groups in total. The fourth-order valence-electron chi connectivity index (χ4n) is 2.02. The molecule has 0 amide bonds. The second-order valence-corrected chi connectivity index (χ2v) is 5.55. The Bertz CT molecular complexity index is 455. The summed E-state index contributed by atoms with van der Waals surface area (Å²) < 4.78 is 10.3. The zero-order valence-electron chi connectivity index (χ0n) is 14.1. The first-order chi connectivity index (χ1) is 11.3. The Labute approximate surface area is 144 Å². The number of aliphatic imine (C=N–C) groups is 1. The molecule has 5 nitrogen and oxygen atoms in total. The van der Waals surface area contributed by atoms with Gasteiger partial charge in [-0.25, -0.2) is 0 Å². The smallest absolute Gasteiger partial charge is 0.190 e. The lowest BCUT2D eigenvalue weighted by atomic mass is 10.1. The standard InChI is InChI=1S/C17H28ClN3O2/c1-19-17(20-9-3-4-11-23-13-12-22-2)21-10-8-15-6-5-7-16(18)14-15/h5-7,14H,3-4,8-13H2,1-2H3,(H2,19,20,21). The Hall–Kier alpha value is -1.30. The van der Waals surface area contributed by atoms with Crippen molar-refractivity contribution in [3.8, 4) is 0 Å². The van der Waals surface area contributed by atoms with Crippen LogP contribution in [0.15, 0.2) is 29.3 Å². The normalized spacial score (nSPS) is 11.5. The second kappa shape index (κ2) is 13.2. The summed E-state index contributed by atoms with van der Waals surface area (Å²) in [5.41, 5.74) is 1.22. The van der Waals surface area contributed by atoms with Crippen LogP contribution in [0.25, 0.3) is 0 Å². The van der Waals surface area contributed by atoms with Crippen LogP contribution in [0.5, 0.6) is 0 Å². The summed E-state index contributed by atoms with van der Waals surface area (Å²) in [7, 11) is 3.46. The van der Waals surface area contributed by atoms with Gasteiger partial charge in [-0.3, -0.25) is 4.99 Å². The molecule has 1 aromatic carbocycles. The monoisotopic (exact) mass is 341 g/mol. The molecule has 0 unspecified atom stereocenters. The summed E-state index contributed by atoms with van der Waals surface area (Å²) in [6.07, 6.45) is 2.98. The summed E-state index contributed by atoms with van der Waals surface area (Å²) in [5, 5.41) is 7.38. The van der Waals surface area contributed by atoms with Gasteiger partial charge in [-0.05, 0) is 37.0 Å². The average Bonchev–Trinajstić information content (AvgIpc) is 2.55. The molecule has 130 valence electrons. The summed E-state index contributed by atoms with van der Waals surface area (Å²) >= 11 is 5.98. The van der Waals surface area contributed by atoms with Gasteiger partial charge in [0.05, 0.1) is 13.2 Å². The van der Waals surface area contributed by atoms with Crippen LogP contribution in [0, 0.1) is 0 Å². The van der Waals surface area contributed by atoms with Crippen molar-refractivity contribution < 1.29 is 9.47 Å². The van der Waals surface area contributed by atoms with Crippen LogP contribution in [-0.4, -0.2) is 53.0 Å². The third-order valence-corrected chi connectivity index (χ3v) is 3.49. The molecule has 0 aliphatic rings. The van der Waals surface area contributed by atoms with Crippen molar-refractivity contribution in [3.63, 3.8) is 0 Å². The van der Waals surface area contributed by atoms with Crippen molar-refractivity contribution in [1.29, 1.82) is 0 Å². The second-order valence-electron chi connectivity index (χ2n) is 5.12. The van der Waals surface area contributed by atoms with Gasteiger partial charge < -0.3 is 20.1 Å². The van der Waals surface area contributed by atoms with E-state index in [9.17, 15) is 0 Å². The first-order valence-electron chi connectivity index (χ1n) is 8.02. The molecule has 6 heteroatoms. The molecule has 1 rings (SSSR count). The van der Waals surface area contributed by atoms with Crippen LogP contribution in [0.3, 0.4) is 0 Å². The van der Waals surface area contributed by atoms with E-state index in [2.05, 4.69) is 21.7 Å². The highest BCUT2D eigenvalue weighted by Crippen LogP contribution is 2.10. The number of benzene rings is 1. The van der Waals surface area contributed by atoms with Crippen molar-refractivity contribution in [2.24, 2.45) is 4.99 Å². The number of nitrogens with one attached hydrogen (secondary N) is 2. The van der Waals surface area contributed by atoms with Gasteiger partial charge in [0.1, 0.15) is 0 Å². The van der Waals surface area contributed by atoms with E-state index < -0.39 is 0 Å². The van der Waals surface area contributed by atoms with Crippen molar-refractivity contribution in [3.05, 3.63) is 34.9 Å². The van der Waals surface area contributed by atoms with E-state index in [1.165, 1.54) is 5.56 Å². The maximum absolute atomic E-state index is 5.98. The minimum atomic E-state index is 0.654. The van der Waals surface area contributed by atoms with E-state index in [-0.39, 0.29) is 0 Å². The molecule has 0 atom stereocenters. The van der Waals surface area contributed by atoms with Crippen LogP contribution in [0.4, 0.5) is 0 Å². The lowest BCUT2D eigenvalue weighted by Crippen LogP contribution is -2.38. The first kappa shape index (κ1) is 19.7. The predicted molar refractivity (Wildman–Crippen MR) is 96.4 cm³/mol. The first-order valence-corrected chi connectivity index (χ1v) is 8.39. The zero-order valence-corrected chi connectivity index (χ0v) is 14.9. The summed E-state index contributed by atoms with van der Waals surface area (Å²) in [5.74, 6) is 0.826. The van der Waals surface area contributed by atoms with Crippen LogP contribution >= 0.6 is 11.6 Å². The fourth-order valence-corrected chi connectivity index (χ4v) is 2.23. The highest BCUT2D eigenvalue weighted by Gasteiger charge is 1.98. The molecule has 0 heterocycles. The Morgan fingerprint density at radius 3 is 2.70 bits per heavy atom. The molecule has 0 radical (unpaired) electrons. The van der Waals surface area contributed by atoms with E-state index in [4.69, 9.17) is 21.1 Å². The number of nitrogens with zero attached hydrogens (tertiary/aromatic N) is 1. The van der Waals surface area contributed by atoms with Gasteiger partial charge in [-0.1, -0.05) is 23.7 Å². The van der Waals surface area contributed by atoms with Crippen LogP contribution < -0.4 is 10.6 Å². The van der Waals surface area contributed by atoms with E-state index in [0.29, 0.717) is 13.2 Å². The number of unbranched alkanes of at least 4 members (excludes halogenated alkanes) is 1. The molecule has 0 aliphatic heterocycles. The lowest BCUT2D eigenvalue weighted by Gasteiger charge is -2.12. The number of halogens is 1. The van der Waals surface area contributed by atoms with Gasteiger partial charge in [-0.15, -0.1) is 0 Å². The van der Waals surface area contributed by atoms with E-state index in [1.807, 2.05) is 18.2 Å². The van der Waals surface area contributed by atoms with Crippen molar-refractivity contribution in [2.45, 2.75) is 19.3 Å². The third kappa shape index (κ3) is 10.2. The molecule has 0 aromatic heterocycles. The van der Waals surface area contributed by atoms with Crippen molar-refractivity contribution in [2.75, 3.05) is 47.1 Å². The van der Waals surface area contributed by atoms with Crippen LogP contribution in [0.2, 0.25) is 5.02 Å². The van der Waals surface area contributed by atoms with Crippen LogP contribution in [0.1, 0.15) is 18.4 Å². The van der Waals surface area contributed by atoms with Gasteiger partial charge in [0.25, 0.3) is 0 Å². The lowest BCUT2D eigenvalue weighted by molar-refractivity contribution is 0.0689. The summed E-state index contributed by atoms with van der Waals surface area (Å²) in [6, 6.07) is 7.92. The number of hydrogen-bond donors (Lipinski definition) is 2. The molecular formula is C17H28ClN3O2. The molecule has 0 aliphatic carbocycles. The van der Waals surface area contributed by atoms with Gasteiger partial charge in [0.15, 0.2) is 5.96 Å². The molecule has 1 aromatic rings. The van der Waals surface area contributed by atoms with Crippen molar-refractivity contribution in [1.82, 2.24) is 10.6 Å². The minimum Gasteiger partial charge on any atom is -0.382 e. The molecule has 0 fully saturated rings. The van der Waals surface area contributed by atoms with E-state index >= 15 is 0 Å². The Morgan fingerprint density at radius 2 is 1.96 bits per heavy atom. The number of guanidine groups is 1. The van der Waals surface area contributed by atoms with Gasteiger partial charge >= 0.3 is 0 Å². The SMILES string of the molecule is CN=C(NCCCCOCCOC)NCCc1cccc(Cl)c1. The van der Waals surface area contributed by atoms with Crippen LogP contribution in [-0.2, 0) is 15.9 Å². The zero-order chi connectivity index (χ0) is 16.8. The molecule has 23 heavy (non-hydrogen) atoms. The van der Waals surface area contributed by atoms with Gasteiger partial charge in [0.2, 0.25) is 0 Å². The molecular weight excluding hydrogens is 314 g/mol. The summed E-state index contributed by atoms with van der Waals surface area (Å²) in [6.45, 7) is 3.79. The molecule has 0 saturated carbocycles. The van der Waals surface area contributed by atoms with Crippen molar-refractivity contribution >= 4 is 17.6 Å². The fraction of sp³-hybridized carbons (Fsp3) is 0.588. The molecule has 0 bridgehead atoms. The Kier molecular flexibility index (Phi) is 11.3. The topological polar surface area (TPSA) is 54.9 Å². The summed E-state index contributed by atoms with van der Waals surface area (Å²) in [4.78, 5) is 4.22. The van der Waals surface area contributed by atoms with E-state index in [1.54, 1.807) is 14.2 Å².